The van der Waals surface area contributed by atoms with Crippen LogP contribution in [0.1, 0.15) is 66.7 Å². The zero-order valence-electron chi connectivity index (χ0n) is 11.9. The van der Waals surface area contributed by atoms with E-state index in [0.29, 0.717) is 0 Å². The molecule has 1 atom stereocenters. The van der Waals surface area contributed by atoms with Crippen molar-refractivity contribution in [1.29, 1.82) is 5.26 Å². The number of hydrogen-bond acceptors (Lipinski definition) is 2. The van der Waals surface area contributed by atoms with Crippen LogP contribution < -0.4 is 0 Å². The maximum atomic E-state index is 12.5. The lowest BCUT2D eigenvalue weighted by molar-refractivity contribution is -0.139. The molecule has 1 saturated carbocycles. The van der Waals surface area contributed by atoms with Crippen molar-refractivity contribution in [2.24, 2.45) is 16.2 Å². The molecule has 1 fully saturated rings. The fraction of sp³-hybridized carbons (Fsp3) is 0.867. The van der Waals surface area contributed by atoms with Gasteiger partial charge in [-0.1, -0.05) is 41.0 Å². The summed E-state index contributed by atoms with van der Waals surface area (Å²) in [5.41, 5.74) is -0.841. The van der Waals surface area contributed by atoms with Gasteiger partial charge < -0.3 is 0 Å². The van der Waals surface area contributed by atoms with E-state index in [2.05, 4.69) is 26.8 Å². The van der Waals surface area contributed by atoms with E-state index in [1.807, 2.05) is 13.8 Å². The molecule has 0 N–H and O–H groups in total. The summed E-state index contributed by atoms with van der Waals surface area (Å²) in [5, 5.41) is 9.47. The maximum absolute atomic E-state index is 12.5. The standard InChI is InChI=1S/C15H25NO/c1-13(2,3)9-10-15(11-16)8-6-7-14(4,5)12(15)17/h6-10H2,1-5H3. The van der Waals surface area contributed by atoms with Gasteiger partial charge in [-0.2, -0.15) is 5.26 Å². The molecule has 0 bridgehead atoms. The van der Waals surface area contributed by atoms with Crippen LogP contribution in [0.3, 0.4) is 0 Å². The number of hydrogen-bond donors (Lipinski definition) is 0. The predicted octanol–water partition coefficient (Wildman–Crippen LogP) is 4.10. The lowest BCUT2D eigenvalue weighted by Gasteiger charge is -2.40. The molecule has 0 spiro atoms. The molecule has 1 aliphatic rings. The molecule has 1 rings (SSSR count). The second-order valence-corrected chi connectivity index (χ2v) is 7.32. The topological polar surface area (TPSA) is 40.9 Å². The number of ketones is 1. The number of nitriles is 1. The Bertz CT molecular complexity index is 343. The minimum atomic E-state index is -0.713. The van der Waals surface area contributed by atoms with Crippen LogP contribution in [-0.2, 0) is 4.79 Å². The number of Topliss-reactive ketones (excluding diaryl/α,β-unsaturated/α-hetero) is 1. The normalized spacial score (nSPS) is 28.8. The monoisotopic (exact) mass is 235 g/mol. The first-order chi connectivity index (χ1) is 7.63. The largest absolute Gasteiger partial charge is 0.297 e. The van der Waals surface area contributed by atoms with Gasteiger partial charge in [-0.25, -0.2) is 0 Å². The quantitative estimate of drug-likeness (QED) is 0.723. The highest BCUT2D eigenvalue weighted by Gasteiger charge is 2.48. The van der Waals surface area contributed by atoms with Crippen LogP contribution in [-0.4, -0.2) is 5.78 Å². The van der Waals surface area contributed by atoms with Gasteiger partial charge in [0.1, 0.15) is 5.41 Å². The average Bonchev–Trinajstić information content (AvgIpc) is 2.20. The van der Waals surface area contributed by atoms with Gasteiger partial charge in [0.2, 0.25) is 0 Å². The Morgan fingerprint density at radius 3 is 2.35 bits per heavy atom. The minimum absolute atomic E-state index is 0.169. The molecule has 0 aliphatic heterocycles. The third-order valence-corrected chi connectivity index (χ3v) is 3.97. The van der Waals surface area contributed by atoms with E-state index < -0.39 is 5.41 Å². The van der Waals surface area contributed by atoms with Crippen molar-refractivity contribution in [3.63, 3.8) is 0 Å². The number of rotatable bonds is 2. The lowest BCUT2D eigenvalue weighted by atomic mass is 9.60. The Morgan fingerprint density at radius 2 is 1.88 bits per heavy atom. The summed E-state index contributed by atoms with van der Waals surface area (Å²) in [6.45, 7) is 10.5. The summed E-state index contributed by atoms with van der Waals surface area (Å²) in [5.74, 6) is 0.169. The highest BCUT2D eigenvalue weighted by Crippen LogP contribution is 2.46. The van der Waals surface area contributed by atoms with Crippen molar-refractivity contribution in [1.82, 2.24) is 0 Å². The van der Waals surface area contributed by atoms with Crippen molar-refractivity contribution in [2.45, 2.75) is 66.7 Å². The molecule has 96 valence electrons. The first kappa shape index (κ1) is 14.2. The molecule has 17 heavy (non-hydrogen) atoms. The van der Waals surface area contributed by atoms with Crippen LogP contribution in [0.4, 0.5) is 0 Å². The zero-order valence-corrected chi connectivity index (χ0v) is 11.9. The van der Waals surface area contributed by atoms with Gasteiger partial charge in [-0.3, -0.25) is 4.79 Å². The van der Waals surface area contributed by atoms with Crippen molar-refractivity contribution in [2.75, 3.05) is 0 Å². The molecule has 2 nitrogen and oxygen atoms in total. The molecule has 0 radical (unpaired) electrons. The molecule has 0 aromatic heterocycles. The predicted molar refractivity (Wildman–Crippen MR) is 69.4 cm³/mol. The van der Waals surface area contributed by atoms with Crippen molar-refractivity contribution < 1.29 is 4.79 Å². The zero-order chi connectivity index (χ0) is 13.3. The first-order valence-electron chi connectivity index (χ1n) is 6.59. The Balaban J connectivity index is 2.89. The molecule has 0 aromatic carbocycles. The Morgan fingerprint density at radius 1 is 1.29 bits per heavy atom. The molecular formula is C15H25NO. The van der Waals surface area contributed by atoms with Crippen LogP contribution in [0.25, 0.3) is 0 Å². The van der Waals surface area contributed by atoms with Gasteiger partial charge >= 0.3 is 0 Å². The van der Waals surface area contributed by atoms with Crippen molar-refractivity contribution >= 4 is 5.78 Å². The molecule has 0 heterocycles. The summed E-state index contributed by atoms with van der Waals surface area (Å²) in [7, 11) is 0. The molecular weight excluding hydrogens is 210 g/mol. The molecule has 2 heteroatoms. The lowest BCUT2D eigenvalue weighted by Crippen LogP contribution is -2.44. The van der Waals surface area contributed by atoms with Gasteiger partial charge in [-0.05, 0) is 31.1 Å². The van der Waals surface area contributed by atoms with Crippen LogP contribution in [0.2, 0.25) is 0 Å². The Labute approximate surface area is 105 Å². The van der Waals surface area contributed by atoms with Crippen LogP contribution in [0, 0.1) is 27.6 Å². The molecule has 0 aromatic rings. The highest BCUT2D eigenvalue weighted by molar-refractivity contribution is 5.92. The SMILES string of the molecule is CC(C)(C)CCC1(C#N)CCCC(C)(C)C1=O. The van der Waals surface area contributed by atoms with E-state index in [1.165, 1.54) is 0 Å². The van der Waals surface area contributed by atoms with E-state index in [4.69, 9.17) is 0 Å². The van der Waals surface area contributed by atoms with Gasteiger partial charge in [0.15, 0.2) is 5.78 Å². The minimum Gasteiger partial charge on any atom is -0.297 e. The second-order valence-electron chi connectivity index (χ2n) is 7.32. The summed E-state index contributed by atoms with van der Waals surface area (Å²) in [6, 6.07) is 2.35. The van der Waals surface area contributed by atoms with Crippen molar-refractivity contribution in [3.8, 4) is 6.07 Å². The summed E-state index contributed by atoms with van der Waals surface area (Å²) in [4.78, 5) is 12.5. The molecule has 0 saturated heterocycles. The van der Waals surface area contributed by atoms with Gasteiger partial charge in [-0.15, -0.1) is 0 Å². The molecule has 1 unspecified atom stereocenters. The number of nitrogens with zero attached hydrogens (tertiary/aromatic N) is 1. The summed E-state index contributed by atoms with van der Waals surface area (Å²) >= 11 is 0. The third-order valence-electron chi connectivity index (χ3n) is 3.97. The van der Waals surface area contributed by atoms with E-state index in [9.17, 15) is 10.1 Å². The van der Waals surface area contributed by atoms with Crippen LogP contribution >= 0.6 is 0 Å². The Kier molecular flexibility index (Phi) is 3.72. The Hall–Kier alpha value is -0.840. The van der Waals surface area contributed by atoms with Crippen LogP contribution in [0.15, 0.2) is 0 Å². The number of carbonyl (C=O) groups is 1. The molecule has 1 aliphatic carbocycles. The molecule has 0 amide bonds. The van der Waals surface area contributed by atoms with Gasteiger partial charge in [0.25, 0.3) is 0 Å². The average molecular weight is 235 g/mol. The van der Waals surface area contributed by atoms with E-state index >= 15 is 0 Å². The second kappa shape index (κ2) is 4.44. The van der Waals surface area contributed by atoms with E-state index in [1.54, 1.807) is 0 Å². The van der Waals surface area contributed by atoms with E-state index in [-0.39, 0.29) is 16.6 Å². The van der Waals surface area contributed by atoms with E-state index in [0.717, 1.165) is 32.1 Å². The van der Waals surface area contributed by atoms with Gasteiger partial charge in [0.05, 0.1) is 6.07 Å². The van der Waals surface area contributed by atoms with Crippen molar-refractivity contribution in [3.05, 3.63) is 0 Å². The third kappa shape index (κ3) is 3.09. The fourth-order valence-electron chi connectivity index (χ4n) is 2.70. The maximum Gasteiger partial charge on any atom is 0.158 e. The first-order valence-corrected chi connectivity index (χ1v) is 6.59. The number of carbonyl (C=O) groups excluding carboxylic acids is 1. The summed E-state index contributed by atoms with van der Waals surface area (Å²) in [6.07, 6.45) is 4.32. The summed E-state index contributed by atoms with van der Waals surface area (Å²) < 4.78 is 0. The highest BCUT2D eigenvalue weighted by atomic mass is 16.1. The van der Waals surface area contributed by atoms with Gasteiger partial charge in [0, 0.05) is 5.41 Å². The fourth-order valence-corrected chi connectivity index (χ4v) is 2.70. The van der Waals surface area contributed by atoms with Crippen LogP contribution in [0.5, 0.6) is 0 Å². The smallest absolute Gasteiger partial charge is 0.158 e.